The van der Waals surface area contributed by atoms with Gasteiger partial charge >= 0.3 is 6.09 Å². The van der Waals surface area contributed by atoms with Gasteiger partial charge in [0, 0.05) is 40.9 Å². The number of unbranched alkanes of at least 4 members (excludes halogenated alkanes) is 1. The van der Waals surface area contributed by atoms with Crippen molar-refractivity contribution in [3.05, 3.63) is 147 Å². The maximum Gasteiger partial charge on any atom is 0.417 e. The number of fused-ring (bicyclic) bond motifs is 15. The van der Waals surface area contributed by atoms with Gasteiger partial charge in [-0.2, -0.15) is 0 Å². The zero-order chi connectivity index (χ0) is 88.8. The summed E-state index contributed by atoms with van der Waals surface area (Å²) in [7, 11) is 1.50. The Kier molecular flexibility index (Phi) is 26.8. The van der Waals surface area contributed by atoms with Crippen molar-refractivity contribution in [2.24, 2.45) is 41.1 Å². The summed E-state index contributed by atoms with van der Waals surface area (Å²) in [5.41, 5.74) is 10.6. The van der Waals surface area contributed by atoms with Crippen LogP contribution in [0, 0.1) is 36.5 Å². The number of nitrogens with two attached hydrogens (primary N) is 2. The molecule has 17 rings (SSSR count). The number of rotatable bonds is 19. The number of halogens is 1. The minimum atomic E-state index is -2.33. The van der Waals surface area contributed by atoms with Crippen molar-refractivity contribution in [2.45, 2.75) is 227 Å². The van der Waals surface area contributed by atoms with Crippen LogP contribution in [0.4, 0.5) is 10.5 Å². The number of aliphatic hydroxyl groups is 6. The molecule has 7 heterocycles. The highest BCUT2D eigenvalue weighted by atomic mass is 35.5. The first-order chi connectivity index (χ1) is 59.0. The number of phenolic OH excluding ortho intramolecular Hbond substituents is 2. The second-order valence-electron chi connectivity index (χ2n) is 34.5. The van der Waals surface area contributed by atoms with Crippen LogP contribution in [0.25, 0.3) is 11.1 Å². The van der Waals surface area contributed by atoms with E-state index in [4.69, 9.17) is 56.2 Å². The molecule has 124 heavy (non-hydrogen) atoms. The van der Waals surface area contributed by atoms with Gasteiger partial charge < -0.3 is 128 Å². The number of carbonyl (C=O) groups is 9. The summed E-state index contributed by atoms with van der Waals surface area (Å²) in [4.78, 5) is 137. The second-order valence-corrected chi connectivity index (χ2v) is 34.9. The molecule has 21 N–H and O–H groups in total. The molecule has 0 aromatic heterocycles. The van der Waals surface area contributed by atoms with E-state index in [0.717, 1.165) is 93.3 Å². The van der Waals surface area contributed by atoms with Gasteiger partial charge in [-0.1, -0.05) is 69.1 Å². The zero-order valence-electron chi connectivity index (χ0n) is 69.2. The molecule has 7 aliphatic heterocycles. The fourth-order valence-electron chi connectivity index (χ4n) is 18.5. The van der Waals surface area contributed by atoms with E-state index in [1.54, 1.807) is 12.1 Å². The summed E-state index contributed by atoms with van der Waals surface area (Å²) in [6.45, 7) is 9.37. The van der Waals surface area contributed by atoms with E-state index in [1.165, 1.54) is 70.3 Å². The monoisotopic (exact) mass is 1740 g/mol. The molecule has 35 nitrogen and oxygen atoms in total. The first-order valence-electron chi connectivity index (χ1n) is 41.8. The number of amides is 9. The summed E-state index contributed by atoms with van der Waals surface area (Å²) in [6, 6.07) is 8.28. The number of aromatic hydroxyl groups is 2. The van der Waals surface area contributed by atoms with Gasteiger partial charge in [-0.05, 0) is 214 Å². The Morgan fingerprint density at radius 1 is 0.694 bits per heavy atom. The molecule has 6 aromatic carbocycles. The Labute approximate surface area is 718 Å². The number of aliphatic hydroxyl groups excluding tert-OH is 6. The Hall–Kier alpha value is -10.8. The summed E-state index contributed by atoms with van der Waals surface area (Å²) in [5.74, 6) is -12.6. The molecular formula is C88H106ClN11O24. The molecule has 9 amide bonds. The minimum absolute atomic E-state index is 0.0252. The van der Waals surface area contributed by atoms with Gasteiger partial charge in [-0.3, -0.25) is 43.7 Å². The van der Waals surface area contributed by atoms with Crippen molar-refractivity contribution < 1.29 is 117 Å². The van der Waals surface area contributed by atoms with Crippen LogP contribution in [0.5, 0.6) is 46.0 Å². The normalized spacial score (nSPS) is 30.5. The van der Waals surface area contributed by atoms with Gasteiger partial charge in [-0.25, -0.2) is 4.79 Å². The lowest BCUT2D eigenvalue weighted by Gasteiger charge is -2.54. The molecule has 15 bridgehead atoms. The topological polar surface area (TPSA) is 540 Å². The molecule has 4 saturated carbocycles. The van der Waals surface area contributed by atoms with Gasteiger partial charge in [0.1, 0.15) is 95.5 Å². The highest BCUT2D eigenvalue weighted by molar-refractivity contribution is 6.32. The Morgan fingerprint density at radius 2 is 1.34 bits per heavy atom. The summed E-state index contributed by atoms with van der Waals surface area (Å²) in [5, 5.41) is 120. The Bertz CT molecular complexity index is 5050. The number of hydrogen-bond acceptors (Lipinski definition) is 26. The maximum absolute atomic E-state index is 16.6. The number of anilines is 1. The number of carbonyl (C=O) groups excluding carboxylic acids is 9. The SMILES string of the molecule is CCCCc1ccc(NC(=O)Oc2cc(O)c3c(c2)[C@@H](C(=O)NC2C4CC5CC(C4)CC2C5)NC(=O)[C@H]2NC(=O)[C@H](NC(=O)[C@@H]4NC(=O)[C@H](CC(N)=O)NC(=O)[C@H](NC(=O)[C@@H](CC(C)C)NC)[C@H](O)c5ccc(c(C)c5)Oc5cc4cc(c5O[C@@H]4O[C@H](CO)[C@@H](O)[C@H](O)[C@H]4O[C@H]4C[C@](C)(N)[C@H](O)[C@H](C)O4)Oc4ccc(cc4Cl)[C@H]2O)c2ccc(O)c-3c2)cc1. The van der Waals surface area contributed by atoms with E-state index < -0.39 is 216 Å². The number of benzene rings is 6. The lowest BCUT2D eigenvalue weighted by atomic mass is 9.54. The van der Waals surface area contributed by atoms with E-state index >= 15 is 28.8 Å². The van der Waals surface area contributed by atoms with Crippen LogP contribution in [0.3, 0.4) is 0 Å². The third kappa shape index (κ3) is 19.2. The largest absolute Gasteiger partial charge is 0.507 e. The summed E-state index contributed by atoms with van der Waals surface area (Å²) < 4.78 is 45.1. The van der Waals surface area contributed by atoms with Gasteiger partial charge in [0.15, 0.2) is 23.9 Å². The molecule has 6 fully saturated rings. The average molecular weight is 1740 g/mol. The number of likely N-dealkylation sites (N-methyl/N-ethyl adjacent to an activating group) is 1. The van der Waals surface area contributed by atoms with Crippen LogP contribution in [0.1, 0.15) is 168 Å². The van der Waals surface area contributed by atoms with Crippen LogP contribution < -0.4 is 78.3 Å². The van der Waals surface area contributed by atoms with E-state index in [2.05, 4.69) is 54.8 Å². The predicted molar refractivity (Wildman–Crippen MR) is 443 cm³/mol. The second kappa shape index (κ2) is 37.2. The van der Waals surface area contributed by atoms with Crippen molar-refractivity contribution in [3.63, 3.8) is 0 Å². The Balaban J connectivity index is 0.958. The van der Waals surface area contributed by atoms with E-state index in [0.29, 0.717) is 17.5 Å². The first-order valence-corrected chi connectivity index (χ1v) is 42.1. The van der Waals surface area contributed by atoms with Gasteiger partial charge in [-0.15, -0.1) is 0 Å². The summed E-state index contributed by atoms with van der Waals surface area (Å²) >= 11 is 7.32. The molecule has 0 unspecified atom stereocenters. The predicted octanol–water partition coefficient (Wildman–Crippen LogP) is 4.87. The molecule has 6 aromatic rings. The van der Waals surface area contributed by atoms with E-state index in [-0.39, 0.29) is 91.8 Å². The van der Waals surface area contributed by atoms with Gasteiger partial charge in [0.2, 0.25) is 59.3 Å². The minimum Gasteiger partial charge on any atom is -0.507 e. The standard InChI is InChI=1S/C88H106ClN11O24/c1-8-9-10-40-11-16-49(17-12-40)93-87(117)119-50-32-52-65(57(103)33-50)51-28-43(13-18-56(51)102)67-81(112)100-71(85(116)98-69(52)83(114)95-66-46-24-41-23-42(26-46)27-47(66)25-41)73(106)45-15-20-59(53(89)29-45)121-61-31-48-30-60(76(61)124-86-77(75(108)74(107)62(36-101)122-86)123-64-35-88(6,91)78(109)39(5)118-64)120-58-19-14-44(22-38(58)4)72(105)70(99-79(110)54(92-7)21-37(2)3)84(115)94-55(34-63(90)104)80(111)96-68(48)82(113)97-67/h11-20,22,28-33,37,39,41-42,46-47,54-55,62,64,66-75,77-78,86,92,101-103,105-109H,8-10,21,23-27,34-36,91H2,1-7H3,(H2,90,104)(H,93,117)(H,94,115)(H,95,114)(H,96,111)(H,97,113)(H,98,116)(H,99,110)(H,100,112)/t39-,41?,42?,46?,47?,54+,55-,62+,64-,66?,67+,68+,69-,70+,71-,72+,73+,74+,75-,77+,78+,86-,88-/m0/s1. The van der Waals surface area contributed by atoms with Gasteiger partial charge in [0.25, 0.3) is 0 Å². The fraction of sp³-hybridized carbons (Fsp3) is 0.489. The zero-order valence-corrected chi connectivity index (χ0v) is 70.0. The van der Waals surface area contributed by atoms with Crippen molar-refractivity contribution in [1.82, 2.24) is 42.5 Å². The van der Waals surface area contributed by atoms with Crippen molar-refractivity contribution in [3.8, 4) is 57.1 Å². The molecule has 0 spiro atoms. The molecular weight excluding hydrogens is 1630 g/mol. The van der Waals surface area contributed by atoms with Crippen molar-refractivity contribution in [2.75, 3.05) is 19.0 Å². The molecule has 18 atom stereocenters. The summed E-state index contributed by atoms with van der Waals surface area (Å²) in [6.07, 6.45) is -12.3. The highest BCUT2D eigenvalue weighted by Crippen LogP contribution is 2.55. The lowest BCUT2D eigenvalue weighted by Crippen LogP contribution is -2.64. The van der Waals surface area contributed by atoms with Crippen molar-refractivity contribution >= 4 is 70.6 Å². The van der Waals surface area contributed by atoms with Crippen molar-refractivity contribution in [1.29, 1.82) is 0 Å². The van der Waals surface area contributed by atoms with Crippen LogP contribution in [0.15, 0.2) is 103 Å². The number of aryl methyl sites for hydroxylation is 2. The molecule has 0 radical (unpaired) electrons. The molecule has 36 heteroatoms. The number of hydrogen-bond donors (Lipinski definition) is 19. The highest BCUT2D eigenvalue weighted by Gasteiger charge is 2.53. The van der Waals surface area contributed by atoms with Crippen LogP contribution >= 0.6 is 11.6 Å². The molecule has 2 saturated heterocycles. The Morgan fingerprint density at radius 3 is 1.98 bits per heavy atom. The maximum atomic E-state index is 16.6. The van der Waals surface area contributed by atoms with E-state index in [9.17, 15) is 55.2 Å². The van der Waals surface area contributed by atoms with Crippen LogP contribution in [-0.2, 0) is 59.0 Å². The quantitative estimate of drug-likeness (QED) is 0.0514. The van der Waals surface area contributed by atoms with Crippen LogP contribution in [-0.4, -0.2) is 193 Å². The molecule has 664 valence electrons. The van der Waals surface area contributed by atoms with Crippen LogP contribution in [0.2, 0.25) is 5.02 Å². The third-order valence-electron chi connectivity index (χ3n) is 24.8. The lowest BCUT2D eigenvalue weighted by molar-refractivity contribution is -0.333. The smallest absolute Gasteiger partial charge is 0.417 e. The average Bonchev–Trinajstić information content (AvgIpc) is 0.761. The fourth-order valence-corrected chi connectivity index (χ4v) is 18.8. The first kappa shape index (κ1) is 89.5. The number of phenols is 2. The number of nitrogens with one attached hydrogen (secondary N) is 9. The van der Waals surface area contributed by atoms with Gasteiger partial charge in [0.05, 0.1) is 36.3 Å². The molecule has 11 aliphatic rings. The molecule has 4 aliphatic carbocycles. The number of primary amides is 1. The number of ether oxygens (including phenoxy) is 7. The van der Waals surface area contributed by atoms with E-state index in [1.807, 2.05) is 26.0 Å². The third-order valence-corrected chi connectivity index (χ3v) is 25.1.